The maximum Gasteiger partial charge on any atom is 0.224 e. The molecule has 21 heavy (non-hydrogen) atoms. The van der Waals surface area contributed by atoms with Gasteiger partial charge in [-0.25, -0.2) is 4.39 Å². The van der Waals surface area contributed by atoms with Crippen LogP contribution in [0.25, 0.3) is 0 Å². The molecule has 5 heteroatoms. The molecule has 1 aliphatic heterocycles. The molecule has 0 aliphatic carbocycles. The zero-order valence-corrected chi connectivity index (χ0v) is 13.2. The number of nitrogens with one attached hydrogen (secondary N) is 1. The van der Waals surface area contributed by atoms with E-state index in [1.807, 2.05) is 12.1 Å². The molecule has 0 bridgehead atoms. The van der Waals surface area contributed by atoms with Gasteiger partial charge in [-0.05, 0) is 64.4 Å². The first kappa shape index (κ1) is 14.5. The minimum atomic E-state index is -1.01. The molecule has 0 aromatic heterocycles. The Morgan fingerprint density at radius 2 is 1.90 bits per heavy atom. The van der Waals surface area contributed by atoms with Crippen molar-refractivity contribution in [1.82, 2.24) is 0 Å². The van der Waals surface area contributed by atoms with Gasteiger partial charge in [0.1, 0.15) is 11.9 Å². The Balaban J connectivity index is 1.98. The Morgan fingerprint density at radius 3 is 2.62 bits per heavy atom. The summed E-state index contributed by atoms with van der Waals surface area (Å²) < 4.78 is 15.3. The average Bonchev–Trinajstić information content (AvgIpc) is 2.46. The van der Waals surface area contributed by atoms with Gasteiger partial charge in [0.05, 0.1) is 0 Å². The number of carbonyl (C=O) groups is 1. The summed E-state index contributed by atoms with van der Waals surface area (Å²) in [6.07, 6.45) is -0.0594. The van der Waals surface area contributed by atoms with Crippen LogP contribution >= 0.6 is 22.6 Å². The predicted octanol–water partition coefficient (Wildman–Crippen LogP) is 3.40. The van der Waals surface area contributed by atoms with E-state index < -0.39 is 11.9 Å². The zero-order valence-electron chi connectivity index (χ0n) is 11.1. The van der Waals surface area contributed by atoms with Crippen molar-refractivity contribution < 1.29 is 14.3 Å². The molecule has 108 valence electrons. The molecule has 1 unspecified atom stereocenters. The molecule has 2 aromatic carbocycles. The minimum absolute atomic E-state index is 0.104. The molecule has 1 heterocycles. The third-order valence-corrected chi connectivity index (χ3v) is 4.32. The summed E-state index contributed by atoms with van der Waals surface area (Å²) in [5.74, 6) is -0.616. The van der Waals surface area contributed by atoms with Gasteiger partial charge in [0, 0.05) is 21.2 Å². The highest BCUT2D eigenvalue weighted by Crippen LogP contribution is 2.31. The number of halogens is 2. The lowest BCUT2D eigenvalue weighted by molar-refractivity contribution is -0.116. The monoisotopic (exact) mass is 397 g/mol. The number of benzene rings is 2. The van der Waals surface area contributed by atoms with Gasteiger partial charge in [0.15, 0.2) is 0 Å². The van der Waals surface area contributed by atoms with Crippen LogP contribution in [0.2, 0.25) is 0 Å². The molecule has 0 fully saturated rings. The third-order valence-electron chi connectivity index (χ3n) is 3.60. The van der Waals surface area contributed by atoms with Gasteiger partial charge >= 0.3 is 0 Å². The maximum atomic E-state index is 14.2. The number of hydrogen-bond acceptors (Lipinski definition) is 2. The number of aliphatic hydroxyl groups is 1. The van der Waals surface area contributed by atoms with Gasteiger partial charge in [-0.2, -0.15) is 0 Å². The van der Waals surface area contributed by atoms with Crippen molar-refractivity contribution >= 4 is 34.2 Å². The number of rotatable bonds is 2. The lowest BCUT2D eigenvalue weighted by Gasteiger charge is -2.20. The summed E-state index contributed by atoms with van der Waals surface area (Å²) >= 11 is 2.18. The molecule has 0 saturated heterocycles. The SMILES string of the molecule is O=C1CCc2cc(C(O)c3ccc(I)cc3)c(F)cc2N1. The topological polar surface area (TPSA) is 49.3 Å². The first-order chi connectivity index (χ1) is 10.0. The van der Waals surface area contributed by atoms with Crippen LogP contribution < -0.4 is 5.32 Å². The Hall–Kier alpha value is -1.47. The van der Waals surface area contributed by atoms with Crippen LogP contribution in [0.1, 0.15) is 29.2 Å². The van der Waals surface area contributed by atoms with Crippen LogP contribution in [0.5, 0.6) is 0 Å². The van der Waals surface area contributed by atoms with E-state index >= 15 is 0 Å². The van der Waals surface area contributed by atoms with E-state index in [1.165, 1.54) is 6.07 Å². The number of hydrogen-bond donors (Lipinski definition) is 2. The highest BCUT2D eigenvalue weighted by Gasteiger charge is 2.21. The van der Waals surface area contributed by atoms with Crippen LogP contribution in [0.15, 0.2) is 36.4 Å². The molecule has 0 radical (unpaired) electrons. The van der Waals surface area contributed by atoms with Crippen molar-refractivity contribution in [1.29, 1.82) is 0 Å². The van der Waals surface area contributed by atoms with Crippen molar-refractivity contribution in [2.45, 2.75) is 18.9 Å². The van der Waals surface area contributed by atoms with E-state index in [9.17, 15) is 14.3 Å². The highest BCUT2D eigenvalue weighted by atomic mass is 127. The summed E-state index contributed by atoms with van der Waals surface area (Å²) in [5, 5.41) is 13.0. The van der Waals surface area contributed by atoms with Crippen molar-refractivity contribution in [3.05, 3.63) is 62.5 Å². The fraction of sp³-hybridized carbons (Fsp3) is 0.188. The van der Waals surface area contributed by atoms with Crippen LogP contribution in [-0.2, 0) is 11.2 Å². The van der Waals surface area contributed by atoms with Gasteiger partial charge in [-0.3, -0.25) is 4.79 Å². The van der Waals surface area contributed by atoms with Gasteiger partial charge in [0.25, 0.3) is 0 Å². The summed E-state index contributed by atoms with van der Waals surface area (Å²) in [4.78, 5) is 11.3. The smallest absolute Gasteiger partial charge is 0.224 e. The molecule has 3 nitrogen and oxygen atoms in total. The highest BCUT2D eigenvalue weighted by molar-refractivity contribution is 14.1. The zero-order chi connectivity index (χ0) is 15.0. The molecule has 1 amide bonds. The van der Waals surface area contributed by atoms with Crippen LogP contribution in [0.3, 0.4) is 0 Å². The molecule has 1 atom stereocenters. The van der Waals surface area contributed by atoms with Gasteiger partial charge < -0.3 is 10.4 Å². The normalized spacial score (nSPS) is 15.3. The van der Waals surface area contributed by atoms with Crippen molar-refractivity contribution in [2.75, 3.05) is 5.32 Å². The summed E-state index contributed by atoms with van der Waals surface area (Å²) in [6, 6.07) is 10.2. The van der Waals surface area contributed by atoms with Crippen molar-refractivity contribution in [3.63, 3.8) is 0 Å². The molecule has 2 N–H and O–H groups in total. The van der Waals surface area contributed by atoms with Gasteiger partial charge in [-0.1, -0.05) is 12.1 Å². The van der Waals surface area contributed by atoms with E-state index in [1.54, 1.807) is 18.2 Å². The van der Waals surface area contributed by atoms with E-state index in [2.05, 4.69) is 27.9 Å². The van der Waals surface area contributed by atoms with E-state index in [0.29, 0.717) is 24.1 Å². The number of aliphatic hydroxyl groups excluding tert-OH is 1. The summed E-state index contributed by atoms with van der Waals surface area (Å²) in [5.41, 5.74) is 2.25. The van der Waals surface area contributed by atoms with E-state index in [4.69, 9.17) is 0 Å². The second kappa shape index (κ2) is 5.73. The molecular formula is C16H13FINO2. The largest absolute Gasteiger partial charge is 0.384 e. The first-order valence-corrected chi connectivity index (χ1v) is 7.68. The molecule has 0 saturated carbocycles. The van der Waals surface area contributed by atoms with Crippen molar-refractivity contribution in [2.24, 2.45) is 0 Å². The second-order valence-corrected chi connectivity index (χ2v) is 6.28. The van der Waals surface area contributed by atoms with Crippen LogP contribution in [0, 0.1) is 9.39 Å². The minimum Gasteiger partial charge on any atom is -0.384 e. The summed E-state index contributed by atoms with van der Waals surface area (Å²) in [7, 11) is 0. The molecule has 2 aromatic rings. The number of anilines is 1. The lowest BCUT2D eigenvalue weighted by atomic mass is 9.95. The first-order valence-electron chi connectivity index (χ1n) is 6.60. The number of amides is 1. The molecule has 3 rings (SSSR count). The average molecular weight is 397 g/mol. The Bertz CT molecular complexity index is 700. The molecule has 1 aliphatic rings. The van der Waals surface area contributed by atoms with Gasteiger partial charge in [0.2, 0.25) is 5.91 Å². The Labute approximate surface area is 135 Å². The second-order valence-electron chi connectivity index (χ2n) is 5.03. The fourth-order valence-corrected chi connectivity index (χ4v) is 2.82. The number of aryl methyl sites for hydroxylation is 1. The molecular weight excluding hydrogens is 384 g/mol. The van der Waals surface area contributed by atoms with Crippen LogP contribution in [0.4, 0.5) is 10.1 Å². The van der Waals surface area contributed by atoms with Crippen LogP contribution in [-0.4, -0.2) is 11.0 Å². The lowest BCUT2D eigenvalue weighted by Crippen LogP contribution is -2.20. The van der Waals surface area contributed by atoms with E-state index in [0.717, 1.165) is 9.13 Å². The van der Waals surface area contributed by atoms with Crippen molar-refractivity contribution in [3.8, 4) is 0 Å². The number of fused-ring (bicyclic) bond motifs is 1. The predicted molar refractivity (Wildman–Crippen MR) is 86.6 cm³/mol. The molecule has 0 spiro atoms. The Morgan fingerprint density at radius 1 is 1.19 bits per heavy atom. The summed E-state index contributed by atoms with van der Waals surface area (Å²) in [6.45, 7) is 0. The number of carbonyl (C=O) groups excluding carboxylic acids is 1. The quantitative estimate of drug-likeness (QED) is 0.764. The van der Waals surface area contributed by atoms with Gasteiger partial charge in [-0.15, -0.1) is 0 Å². The maximum absolute atomic E-state index is 14.2. The third kappa shape index (κ3) is 2.94. The fourth-order valence-electron chi connectivity index (χ4n) is 2.46. The van der Waals surface area contributed by atoms with E-state index in [-0.39, 0.29) is 11.5 Å². The Kier molecular flexibility index (Phi) is 3.95. The standard InChI is InChI=1S/C16H13FINO2/c17-13-8-14-10(3-6-15(20)19-14)7-12(13)16(21)9-1-4-11(18)5-2-9/h1-2,4-5,7-8,16,21H,3,6H2,(H,19,20).